The molecule has 142 valence electrons. The number of esters is 1. The van der Waals surface area contributed by atoms with E-state index in [0.717, 1.165) is 11.1 Å². The van der Waals surface area contributed by atoms with Gasteiger partial charge in [-0.3, -0.25) is 9.59 Å². The first-order valence-corrected chi connectivity index (χ1v) is 8.66. The molecule has 0 bridgehead atoms. The van der Waals surface area contributed by atoms with Crippen LogP contribution in [-0.2, 0) is 25.5 Å². The summed E-state index contributed by atoms with van der Waals surface area (Å²) < 4.78 is 4.90. The van der Waals surface area contributed by atoms with Crippen molar-refractivity contribution >= 4 is 23.7 Å². The molecule has 0 saturated heterocycles. The molecule has 0 aliphatic carbocycles. The van der Waals surface area contributed by atoms with E-state index in [4.69, 9.17) is 10.00 Å². The second-order valence-corrected chi connectivity index (χ2v) is 6.10. The molecule has 0 aliphatic heterocycles. The monoisotopic (exact) mass is 376 g/mol. The van der Waals surface area contributed by atoms with E-state index in [1.165, 1.54) is 19.1 Å². The summed E-state index contributed by atoms with van der Waals surface area (Å²) in [5.74, 6) is -1.40. The smallest absolute Gasteiger partial charge is 0.331 e. The molecule has 2 rings (SSSR count). The van der Waals surface area contributed by atoms with Crippen molar-refractivity contribution < 1.29 is 19.1 Å². The Hall–Kier alpha value is -3.72. The highest BCUT2D eigenvalue weighted by molar-refractivity contribution is 5.91. The van der Waals surface area contributed by atoms with E-state index in [2.05, 4.69) is 5.32 Å². The van der Waals surface area contributed by atoms with Gasteiger partial charge >= 0.3 is 5.97 Å². The molecule has 2 aromatic rings. The van der Waals surface area contributed by atoms with E-state index in [1.54, 1.807) is 24.3 Å². The Labute approximate surface area is 163 Å². The number of nitriles is 1. The Morgan fingerprint density at radius 3 is 2.39 bits per heavy atom. The molecule has 1 N–H and O–H groups in total. The number of hydrogen-bond acceptors (Lipinski definition) is 5. The number of nitrogens with zero attached hydrogens (tertiary/aromatic N) is 1. The van der Waals surface area contributed by atoms with E-state index < -0.39 is 24.5 Å². The first-order valence-electron chi connectivity index (χ1n) is 8.66. The fourth-order valence-electron chi connectivity index (χ4n) is 2.40. The Balaban J connectivity index is 1.82. The zero-order valence-electron chi connectivity index (χ0n) is 15.4. The predicted octanol–water partition coefficient (Wildman–Crippen LogP) is 2.43. The van der Waals surface area contributed by atoms with Crippen molar-refractivity contribution in [3.63, 3.8) is 0 Å². The minimum atomic E-state index is -0.679. The number of carbonyl (C=O) groups is 3. The molecular weight excluding hydrogens is 356 g/mol. The zero-order chi connectivity index (χ0) is 20.4. The first-order chi connectivity index (χ1) is 13.5. The van der Waals surface area contributed by atoms with Gasteiger partial charge in [0, 0.05) is 6.08 Å². The number of amides is 1. The lowest BCUT2D eigenvalue weighted by molar-refractivity contribution is -0.144. The summed E-state index contributed by atoms with van der Waals surface area (Å²) in [7, 11) is 0. The molecule has 1 atom stereocenters. The van der Waals surface area contributed by atoms with Gasteiger partial charge in [0.15, 0.2) is 12.4 Å². The van der Waals surface area contributed by atoms with Crippen LogP contribution in [-0.4, -0.2) is 30.3 Å². The largest absolute Gasteiger partial charge is 0.452 e. The van der Waals surface area contributed by atoms with Crippen molar-refractivity contribution in [2.45, 2.75) is 19.4 Å². The highest BCUT2D eigenvalue weighted by atomic mass is 16.5. The number of Topliss-reactive ketones (excluding diaryl/α,β-unsaturated/α-hetero) is 1. The highest BCUT2D eigenvalue weighted by Gasteiger charge is 2.18. The van der Waals surface area contributed by atoms with Gasteiger partial charge in [-0.25, -0.2) is 4.79 Å². The summed E-state index contributed by atoms with van der Waals surface area (Å²) >= 11 is 0. The lowest BCUT2D eigenvalue weighted by Gasteiger charge is -2.16. The van der Waals surface area contributed by atoms with Crippen molar-refractivity contribution in [2.24, 2.45) is 0 Å². The first kappa shape index (κ1) is 20.6. The quantitative estimate of drug-likeness (QED) is 0.564. The topological polar surface area (TPSA) is 96.3 Å². The predicted molar refractivity (Wildman–Crippen MR) is 104 cm³/mol. The van der Waals surface area contributed by atoms with Crippen LogP contribution in [0.1, 0.15) is 23.6 Å². The summed E-state index contributed by atoms with van der Waals surface area (Å²) in [4.78, 5) is 35.5. The van der Waals surface area contributed by atoms with Crippen LogP contribution in [0.3, 0.4) is 0 Å². The van der Waals surface area contributed by atoms with Crippen molar-refractivity contribution in [2.75, 3.05) is 6.61 Å². The maximum atomic E-state index is 12.0. The standard InChI is InChI=1S/C22H20N2O4/c1-16(25)20(13-18-5-3-2-4-6-18)24-21(26)15-28-22(27)12-11-17-7-9-19(14-23)10-8-17/h2-12,20H,13,15H2,1H3,(H,24,26)/b12-11+/t20-/m0/s1. The SMILES string of the molecule is CC(=O)[C@H](Cc1ccccc1)NC(=O)COC(=O)/C=C/c1ccc(C#N)cc1. The third-order valence-corrected chi connectivity index (χ3v) is 3.91. The van der Waals surface area contributed by atoms with E-state index in [-0.39, 0.29) is 5.78 Å². The van der Waals surface area contributed by atoms with Gasteiger partial charge in [0.1, 0.15) is 0 Å². The molecule has 1 amide bonds. The van der Waals surface area contributed by atoms with Gasteiger partial charge in [-0.05, 0) is 42.7 Å². The molecule has 0 aromatic heterocycles. The number of rotatable bonds is 8. The summed E-state index contributed by atoms with van der Waals surface area (Å²) in [5, 5.41) is 11.3. The minimum Gasteiger partial charge on any atom is -0.452 e. The third-order valence-electron chi connectivity index (χ3n) is 3.91. The maximum absolute atomic E-state index is 12.0. The van der Waals surface area contributed by atoms with E-state index in [0.29, 0.717) is 12.0 Å². The van der Waals surface area contributed by atoms with Crippen LogP contribution in [0.5, 0.6) is 0 Å². The van der Waals surface area contributed by atoms with Gasteiger partial charge in [-0.15, -0.1) is 0 Å². The molecule has 2 aromatic carbocycles. The van der Waals surface area contributed by atoms with Crippen LogP contribution in [0.15, 0.2) is 60.7 Å². The molecule has 0 aliphatic rings. The molecule has 0 radical (unpaired) electrons. The van der Waals surface area contributed by atoms with Crippen molar-refractivity contribution in [1.29, 1.82) is 5.26 Å². The molecular formula is C22H20N2O4. The summed E-state index contributed by atoms with van der Waals surface area (Å²) in [6, 6.07) is 17.3. The van der Waals surface area contributed by atoms with Gasteiger partial charge < -0.3 is 10.1 Å². The number of nitrogens with one attached hydrogen (secondary N) is 1. The molecule has 28 heavy (non-hydrogen) atoms. The normalized spacial score (nSPS) is 11.4. The van der Waals surface area contributed by atoms with E-state index in [1.807, 2.05) is 36.4 Å². The van der Waals surface area contributed by atoms with Gasteiger partial charge in [0.25, 0.3) is 5.91 Å². The van der Waals surface area contributed by atoms with Crippen LogP contribution in [0.25, 0.3) is 6.08 Å². The van der Waals surface area contributed by atoms with Crippen molar-refractivity contribution in [3.05, 3.63) is 77.4 Å². The van der Waals surface area contributed by atoms with Crippen LogP contribution < -0.4 is 5.32 Å². The summed E-state index contributed by atoms with van der Waals surface area (Å²) in [6.45, 7) is 0.926. The molecule has 0 fully saturated rings. The fraction of sp³-hybridized carbons (Fsp3) is 0.182. The Bertz CT molecular complexity index is 896. The fourth-order valence-corrected chi connectivity index (χ4v) is 2.40. The molecule has 6 nitrogen and oxygen atoms in total. The lowest BCUT2D eigenvalue weighted by Crippen LogP contribution is -2.43. The number of benzene rings is 2. The molecule has 0 saturated carbocycles. The Morgan fingerprint density at radius 2 is 1.79 bits per heavy atom. The number of hydrogen-bond donors (Lipinski definition) is 1. The Kier molecular flexibility index (Phi) is 7.67. The average Bonchev–Trinajstić information content (AvgIpc) is 2.71. The van der Waals surface area contributed by atoms with E-state index >= 15 is 0 Å². The van der Waals surface area contributed by atoms with Gasteiger partial charge in [-0.2, -0.15) is 5.26 Å². The van der Waals surface area contributed by atoms with Crippen LogP contribution >= 0.6 is 0 Å². The lowest BCUT2D eigenvalue weighted by atomic mass is 10.0. The third kappa shape index (κ3) is 6.89. The van der Waals surface area contributed by atoms with E-state index in [9.17, 15) is 14.4 Å². The van der Waals surface area contributed by atoms with Gasteiger partial charge in [-0.1, -0.05) is 42.5 Å². The second-order valence-electron chi connectivity index (χ2n) is 6.10. The highest BCUT2D eigenvalue weighted by Crippen LogP contribution is 2.06. The average molecular weight is 376 g/mol. The van der Waals surface area contributed by atoms with Crippen molar-refractivity contribution in [1.82, 2.24) is 5.32 Å². The maximum Gasteiger partial charge on any atom is 0.331 e. The van der Waals surface area contributed by atoms with Gasteiger partial charge in [0.05, 0.1) is 17.7 Å². The number of carbonyl (C=O) groups excluding carboxylic acids is 3. The second kappa shape index (κ2) is 10.4. The Morgan fingerprint density at radius 1 is 1.11 bits per heavy atom. The van der Waals surface area contributed by atoms with Crippen LogP contribution in [0, 0.1) is 11.3 Å². The molecule has 0 spiro atoms. The van der Waals surface area contributed by atoms with Gasteiger partial charge in [0.2, 0.25) is 0 Å². The summed E-state index contributed by atoms with van der Waals surface area (Å²) in [5.41, 5.74) is 2.16. The summed E-state index contributed by atoms with van der Waals surface area (Å²) in [6.07, 6.45) is 3.09. The molecule has 0 unspecified atom stereocenters. The van der Waals surface area contributed by atoms with Crippen LogP contribution in [0.4, 0.5) is 0 Å². The van der Waals surface area contributed by atoms with Crippen molar-refractivity contribution in [3.8, 4) is 6.07 Å². The van der Waals surface area contributed by atoms with Crippen LogP contribution in [0.2, 0.25) is 0 Å². The molecule has 6 heteroatoms. The number of ether oxygens (including phenoxy) is 1. The molecule has 0 heterocycles. The zero-order valence-corrected chi connectivity index (χ0v) is 15.4. The number of ketones is 1. The minimum absolute atomic E-state index is 0.177.